The van der Waals surface area contributed by atoms with Gasteiger partial charge in [-0.05, 0) is 30.7 Å². The van der Waals surface area contributed by atoms with Crippen LogP contribution >= 0.6 is 0 Å². The standard InChI is InChI=1S/C19H19N5O5/c1-22-12-21-17-16(22)18(26)24(19(27)23(17)2)8-3-9-28-15(25)11-29-14-6-4-13(10-20)5-7-14/h4-7,12H,3,8-9,11H2,1-2H3. The molecule has 3 aromatic rings. The van der Waals surface area contributed by atoms with Crippen LogP contribution in [-0.4, -0.2) is 37.9 Å². The van der Waals surface area contributed by atoms with Crippen molar-refractivity contribution in [3.05, 3.63) is 57.0 Å². The van der Waals surface area contributed by atoms with Crippen LogP contribution in [0.3, 0.4) is 0 Å². The Hall–Kier alpha value is -3.87. The molecule has 0 unspecified atom stereocenters. The maximum absolute atomic E-state index is 12.6. The second-order valence-corrected chi connectivity index (χ2v) is 6.32. The predicted molar refractivity (Wildman–Crippen MR) is 102 cm³/mol. The summed E-state index contributed by atoms with van der Waals surface area (Å²) in [5, 5.41) is 8.74. The average Bonchev–Trinajstić information content (AvgIpc) is 3.12. The van der Waals surface area contributed by atoms with Crippen molar-refractivity contribution in [2.24, 2.45) is 14.1 Å². The van der Waals surface area contributed by atoms with Gasteiger partial charge in [-0.25, -0.2) is 14.6 Å². The zero-order valence-corrected chi connectivity index (χ0v) is 16.0. The van der Waals surface area contributed by atoms with Crippen LogP contribution in [0.2, 0.25) is 0 Å². The van der Waals surface area contributed by atoms with Crippen LogP contribution in [0.15, 0.2) is 40.2 Å². The Bertz CT molecular complexity index is 1200. The normalized spacial score (nSPS) is 10.7. The molecule has 3 rings (SSSR count). The van der Waals surface area contributed by atoms with E-state index in [1.165, 1.54) is 10.9 Å². The number of aromatic nitrogens is 4. The molecule has 0 fully saturated rings. The number of esters is 1. The minimum absolute atomic E-state index is 0.0363. The van der Waals surface area contributed by atoms with Crippen molar-refractivity contribution in [1.82, 2.24) is 18.7 Å². The number of fused-ring (bicyclic) bond motifs is 1. The molecule has 0 atom stereocenters. The third-order valence-electron chi connectivity index (χ3n) is 4.33. The first-order valence-corrected chi connectivity index (χ1v) is 8.82. The van der Waals surface area contributed by atoms with Gasteiger partial charge < -0.3 is 14.0 Å². The second kappa shape index (κ2) is 8.43. The van der Waals surface area contributed by atoms with Crippen LogP contribution in [0, 0.1) is 11.3 Å². The van der Waals surface area contributed by atoms with E-state index < -0.39 is 17.2 Å². The van der Waals surface area contributed by atoms with Gasteiger partial charge in [0.1, 0.15) is 5.75 Å². The Morgan fingerprint density at radius 1 is 1.21 bits per heavy atom. The zero-order chi connectivity index (χ0) is 21.0. The molecule has 10 nitrogen and oxygen atoms in total. The van der Waals surface area contributed by atoms with Gasteiger partial charge in [-0.3, -0.25) is 13.9 Å². The van der Waals surface area contributed by atoms with Gasteiger partial charge in [0, 0.05) is 20.6 Å². The van der Waals surface area contributed by atoms with Gasteiger partial charge in [-0.2, -0.15) is 5.26 Å². The van der Waals surface area contributed by atoms with Gasteiger partial charge in [0.25, 0.3) is 5.56 Å². The first-order chi connectivity index (χ1) is 13.9. The van der Waals surface area contributed by atoms with Crippen LogP contribution < -0.4 is 16.0 Å². The summed E-state index contributed by atoms with van der Waals surface area (Å²) in [5.41, 5.74) is 0.242. The molecule has 0 aliphatic carbocycles. The van der Waals surface area contributed by atoms with Gasteiger partial charge in [0.2, 0.25) is 0 Å². The lowest BCUT2D eigenvalue weighted by molar-refractivity contribution is -0.146. The Morgan fingerprint density at radius 2 is 1.93 bits per heavy atom. The lowest BCUT2D eigenvalue weighted by Crippen LogP contribution is -2.39. The predicted octanol–water partition coefficient (Wildman–Crippen LogP) is 0.318. The summed E-state index contributed by atoms with van der Waals surface area (Å²) in [7, 11) is 3.23. The lowest BCUT2D eigenvalue weighted by Gasteiger charge is -2.09. The first-order valence-electron chi connectivity index (χ1n) is 8.82. The Labute approximate surface area is 165 Å². The largest absolute Gasteiger partial charge is 0.482 e. The van der Waals surface area contributed by atoms with E-state index >= 15 is 0 Å². The molecular weight excluding hydrogens is 378 g/mol. The fourth-order valence-corrected chi connectivity index (χ4v) is 2.81. The van der Waals surface area contributed by atoms with Crippen molar-refractivity contribution in [2.75, 3.05) is 13.2 Å². The molecule has 0 saturated heterocycles. The molecule has 0 aliphatic heterocycles. The highest BCUT2D eigenvalue weighted by molar-refractivity contribution is 5.71. The monoisotopic (exact) mass is 397 g/mol. The average molecular weight is 397 g/mol. The van der Waals surface area contributed by atoms with E-state index in [1.807, 2.05) is 6.07 Å². The third-order valence-corrected chi connectivity index (χ3v) is 4.33. The lowest BCUT2D eigenvalue weighted by atomic mass is 10.2. The van der Waals surface area contributed by atoms with E-state index in [2.05, 4.69) is 4.98 Å². The Balaban J connectivity index is 1.53. The smallest absolute Gasteiger partial charge is 0.344 e. The maximum Gasteiger partial charge on any atom is 0.344 e. The third kappa shape index (κ3) is 4.19. The highest BCUT2D eigenvalue weighted by Crippen LogP contribution is 2.11. The molecule has 0 spiro atoms. The Morgan fingerprint density at radius 3 is 2.62 bits per heavy atom. The van der Waals surface area contributed by atoms with Crippen molar-refractivity contribution >= 4 is 17.1 Å². The van der Waals surface area contributed by atoms with E-state index in [0.29, 0.717) is 28.9 Å². The summed E-state index contributed by atoms with van der Waals surface area (Å²) in [6, 6.07) is 8.32. The summed E-state index contributed by atoms with van der Waals surface area (Å²) in [6.45, 7) is -0.139. The van der Waals surface area contributed by atoms with Gasteiger partial charge in [-0.1, -0.05) is 0 Å². The molecule has 10 heteroatoms. The molecule has 29 heavy (non-hydrogen) atoms. The van der Waals surface area contributed by atoms with Crippen molar-refractivity contribution in [2.45, 2.75) is 13.0 Å². The molecule has 2 heterocycles. The highest BCUT2D eigenvalue weighted by atomic mass is 16.6. The van der Waals surface area contributed by atoms with Crippen LogP contribution in [0.5, 0.6) is 5.75 Å². The van der Waals surface area contributed by atoms with Gasteiger partial charge >= 0.3 is 11.7 Å². The van der Waals surface area contributed by atoms with Crippen molar-refractivity contribution < 1.29 is 14.3 Å². The fourth-order valence-electron chi connectivity index (χ4n) is 2.81. The van der Waals surface area contributed by atoms with Gasteiger partial charge in [0.15, 0.2) is 17.8 Å². The molecule has 0 saturated carbocycles. The molecule has 0 radical (unpaired) electrons. The molecule has 150 valence electrons. The van der Waals surface area contributed by atoms with Crippen LogP contribution in [0.1, 0.15) is 12.0 Å². The number of carbonyl (C=O) groups excluding carboxylic acids is 1. The maximum atomic E-state index is 12.6. The number of carbonyl (C=O) groups is 1. The number of hydrogen-bond donors (Lipinski definition) is 0. The number of aryl methyl sites for hydroxylation is 2. The number of nitriles is 1. The summed E-state index contributed by atoms with van der Waals surface area (Å²) >= 11 is 0. The van der Waals surface area contributed by atoms with Crippen LogP contribution in [0.4, 0.5) is 0 Å². The van der Waals surface area contributed by atoms with E-state index in [1.54, 1.807) is 42.9 Å². The van der Waals surface area contributed by atoms with E-state index in [9.17, 15) is 14.4 Å². The summed E-state index contributed by atoms with van der Waals surface area (Å²) in [4.78, 5) is 40.8. The van der Waals surface area contributed by atoms with E-state index in [4.69, 9.17) is 14.7 Å². The molecule has 0 amide bonds. The number of ether oxygens (including phenoxy) is 2. The summed E-state index contributed by atoms with van der Waals surface area (Å²) in [5.74, 6) is -0.128. The number of imidazole rings is 1. The van der Waals surface area contributed by atoms with Crippen molar-refractivity contribution in [3.63, 3.8) is 0 Å². The van der Waals surface area contributed by atoms with Gasteiger partial charge in [0.05, 0.1) is 24.6 Å². The van der Waals surface area contributed by atoms with Crippen LogP contribution in [0.25, 0.3) is 11.2 Å². The summed E-state index contributed by atoms with van der Waals surface area (Å²) < 4.78 is 14.3. The van der Waals surface area contributed by atoms with Crippen molar-refractivity contribution in [3.8, 4) is 11.8 Å². The molecule has 1 aromatic carbocycles. The van der Waals surface area contributed by atoms with Crippen LogP contribution in [-0.2, 0) is 30.2 Å². The molecule has 0 bridgehead atoms. The minimum atomic E-state index is -0.573. The molecule has 0 N–H and O–H groups in total. The zero-order valence-electron chi connectivity index (χ0n) is 16.0. The number of hydrogen-bond acceptors (Lipinski definition) is 7. The molecule has 2 aromatic heterocycles. The number of rotatable bonds is 7. The Kier molecular flexibility index (Phi) is 5.78. The second-order valence-electron chi connectivity index (χ2n) is 6.32. The highest BCUT2D eigenvalue weighted by Gasteiger charge is 2.14. The fraction of sp³-hybridized carbons (Fsp3) is 0.316. The molecule has 0 aliphatic rings. The quantitative estimate of drug-likeness (QED) is 0.416. The van der Waals surface area contributed by atoms with E-state index in [-0.39, 0.29) is 19.8 Å². The minimum Gasteiger partial charge on any atom is -0.482 e. The number of nitrogens with zero attached hydrogens (tertiary/aromatic N) is 5. The topological polar surface area (TPSA) is 121 Å². The first kappa shape index (κ1) is 19.9. The van der Waals surface area contributed by atoms with Gasteiger partial charge in [-0.15, -0.1) is 0 Å². The van der Waals surface area contributed by atoms with E-state index in [0.717, 1.165) is 4.57 Å². The summed E-state index contributed by atoms with van der Waals surface area (Å²) in [6.07, 6.45) is 1.77. The number of benzene rings is 1. The molecular formula is C19H19N5O5. The van der Waals surface area contributed by atoms with Crippen molar-refractivity contribution in [1.29, 1.82) is 5.26 Å². The SMILES string of the molecule is Cn1cnc2c1c(=O)n(CCCOC(=O)COc1ccc(C#N)cc1)c(=O)n2C.